The minimum atomic E-state index is -1.01. The van der Waals surface area contributed by atoms with Gasteiger partial charge in [-0.05, 0) is 48.1 Å². The molecule has 0 saturated carbocycles. The summed E-state index contributed by atoms with van der Waals surface area (Å²) in [4.78, 5) is 23.4. The molecule has 1 atom stereocenters. The van der Waals surface area contributed by atoms with Crippen LogP contribution in [0.1, 0.15) is 37.6 Å². The van der Waals surface area contributed by atoms with E-state index in [1.807, 2.05) is 6.92 Å². The van der Waals surface area contributed by atoms with E-state index in [9.17, 15) is 14.7 Å². The van der Waals surface area contributed by atoms with Gasteiger partial charge in [0.25, 0.3) is 5.91 Å². The highest BCUT2D eigenvalue weighted by Crippen LogP contribution is 2.14. The highest BCUT2D eigenvalue weighted by molar-refractivity contribution is 7.99. The van der Waals surface area contributed by atoms with Crippen molar-refractivity contribution < 1.29 is 19.4 Å². The van der Waals surface area contributed by atoms with Crippen LogP contribution in [0.5, 0.6) is 5.75 Å². The molecule has 6 heteroatoms. The number of carbonyl (C=O) groups excluding carboxylic acids is 1. The predicted molar refractivity (Wildman–Crippen MR) is 93.3 cm³/mol. The number of benzene rings is 1. The Morgan fingerprint density at radius 2 is 1.91 bits per heavy atom. The third-order valence-corrected chi connectivity index (χ3v) is 3.99. The number of carboxylic acid groups (broad SMARTS) is 1. The molecule has 0 aliphatic carbocycles. The third kappa shape index (κ3) is 7.41. The first-order chi connectivity index (χ1) is 10.9. The second kappa shape index (κ2) is 10.2. The van der Waals surface area contributed by atoms with E-state index in [0.29, 0.717) is 36.0 Å². The quantitative estimate of drug-likeness (QED) is 0.641. The van der Waals surface area contributed by atoms with Crippen molar-refractivity contribution in [2.75, 3.05) is 18.1 Å². The van der Waals surface area contributed by atoms with Crippen LogP contribution in [0.15, 0.2) is 24.3 Å². The van der Waals surface area contributed by atoms with Crippen LogP contribution in [0.3, 0.4) is 0 Å². The van der Waals surface area contributed by atoms with E-state index < -0.39 is 12.0 Å². The van der Waals surface area contributed by atoms with Crippen LogP contribution in [0, 0.1) is 5.92 Å². The van der Waals surface area contributed by atoms with Gasteiger partial charge in [-0.15, -0.1) is 0 Å². The summed E-state index contributed by atoms with van der Waals surface area (Å²) < 4.78 is 5.56. The number of ether oxygens (including phenoxy) is 1. The van der Waals surface area contributed by atoms with Crippen LogP contribution in [0.25, 0.3) is 0 Å². The van der Waals surface area contributed by atoms with E-state index in [4.69, 9.17) is 4.74 Å². The van der Waals surface area contributed by atoms with Crippen molar-refractivity contribution in [3.63, 3.8) is 0 Å². The van der Waals surface area contributed by atoms with Gasteiger partial charge in [-0.1, -0.05) is 20.8 Å². The molecule has 0 saturated heterocycles. The van der Waals surface area contributed by atoms with Crippen molar-refractivity contribution in [3.05, 3.63) is 29.8 Å². The highest BCUT2D eigenvalue weighted by Gasteiger charge is 2.20. The van der Waals surface area contributed by atoms with Crippen LogP contribution >= 0.6 is 11.8 Å². The summed E-state index contributed by atoms with van der Waals surface area (Å²) in [6, 6.07) is 5.87. The average Bonchev–Trinajstić information content (AvgIpc) is 2.52. The lowest BCUT2D eigenvalue weighted by Gasteiger charge is -2.14. The zero-order chi connectivity index (χ0) is 17.2. The molecule has 1 amide bonds. The van der Waals surface area contributed by atoms with Gasteiger partial charge in [0.05, 0.1) is 6.61 Å². The third-order valence-electron chi connectivity index (χ3n) is 3.06. The van der Waals surface area contributed by atoms with E-state index in [0.717, 1.165) is 5.75 Å². The SMILES string of the molecule is CCSCCC(NC(=O)c1ccc(OCC(C)C)cc1)C(=O)O. The number of carbonyl (C=O) groups is 2. The fraction of sp³-hybridized carbons (Fsp3) is 0.529. The molecule has 0 spiro atoms. The molecule has 0 aliphatic heterocycles. The summed E-state index contributed by atoms with van der Waals surface area (Å²) in [5, 5.41) is 11.8. The number of hydrogen-bond acceptors (Lipinski definition) is 4. The van der Waals surface area contributed by atoms with Crippen LogP contribution < -0.4 is 10.1 Å². The summed E-state index contributed by atoms with van der Waals surface area (Å²) in [5.74, 6) is 1.37. The van der Waals surface area contributed by atoms with Crippen molar-refractivity contribution in [3.8, 4) is 5.75 Å². The van der Waals surface area contributed by atoms with E-state index in [-0.39, 0.29) is 5.91 Å². The zero-order valence-electron chi connectivity index (χ0n) is 13.9. The fourth-order valence-electron chi connectivity index (χ4n) is 1.81. The molecular weight excluding hydrogens is 314 g/mol. The first kappa shape index (κ1) is 19.4. The minimum absolute atomic E-state index is 0.380. The number of aliphatic carboxylic acids is 1. The van der Waals surface area contributed by atoms with Gasteiger partial charge in [0, 0.05) is 5.56 Å². The lowest BCUT2D eigenvalue weighted by molar-refractivity contribution is -0.139. The van der Waals surface area contributed by atoms with Gasteiger partial charge < -0.3 is 15.2 Å². The van der Waals surface area contributed by atoms with Crippen LogP contribution in [0.2, 0.25) is 0 Å². The predicted octanol–water partition coefficient (Wildman–Crippen LogP) is 3.05. The Kier molecular flexibility index (Phi) is 8.55. The second-order valence-electron chi connectivity index (χ2n) is 5.58. The van der Waals surface area contributed by atoms with E-state index in [1.54, 1.807) is 36.0 Å². The summed E-state index contributed by atoms with van der Waals surface area (Å²) in [6.45, 7) is 6.75. The van der Waals surface area contributed by atoms with Gasteiger partial charge in [-0.25, -0.2) is 4.79 Å². The summed E-state index contributed by atoms with van der Waals surface area (Å²) in [6.07, 6.45) is 0.412. The molecule has 5 nitrogen and oxygen atoms in total. The Balaban J connectivity index is 2.59. The Labute approximate surface area is 141 Å². The molecule has 0 heterocycles. The molecule has 1 unspecified atom stereocenters. The van der Waals surface area contributed by atoms with Gasteiger partial charge in [0.2, 0.25) is 0 Å². The number of rotatable bonds is 10. The van der Waals surface area contributed by atoms with E-state index in [2.05, 4.69) is 19.2 Å². The van der Waals surface area contributed by atoms with Crippen LogP contribution in [0.4, 0.5) is 0 Å². The number of amides is 1. The summed E-state index contributed by atoms with van der Waals surface area (Å²) >= 11 is 1.66. The van der Waals surface area contributed by atoms with Gasteiger partial charge in [0.1, 0.15) is 11.8 Å². The molecular formula is C17H25NO4S. The first-order valence-corrected chi connectivity index (χ1v) is 8.93. The van der Waals surface area contributed by atoms with Crippen molar-refractivity contribution in [1.82, 2.24) is 5.32 Å². The second-order valence-corrected chi connectivity index (χ2v) is 6.97. The van der Waals surface area contributed by atoms with Gasteiger partial charge in [0.15, 0.2) is 0 Å². The average molecular weight is 339 g/mol. The molecule has 23 heavy (non-hydrogen) atoms. The van der Waals surface area contributed by atoms with Crippen molar-refractivity contribution in [2.45, 2.75) is 33.2 Å². The molecule has 0 bridgehead atoms. The fourth-order valence-corrected chi connectivity index (χ4v) is 2.50. The lowest BCUT2D eigenvalue weighted by Crippen LogP contribution is -2.41. The molecule has 1 aromatic carbocycles. The molecule has 1 rings (SSSR count). The molecule has 2 N–H and O–H groups in total. The summed E-state index contributed by atoms with van der Waals surface area (Å²) in [5.41, 5.74) is 0.427. The lowest BCUT2D eigenvalue weighted by atomic mass is 10.1. The Morgan fingerprint density at radius 1 is 1.26 bits per heavy atom. The number of thioether (sulfide) groups is 1. The van der Waals surface area contributed by atoms with Crippen molar-refractivity contribution >= 4 is 23.6 Å². The molecule has 128 valence electrons. The molecule has 0 aromatic heterocycles. The summed E-state index contributed by atoms with van der Waals surface area (Å²) in [7, 11) is 0. The standard InChI is InChI=1S/C17H25NO4S/c1-4-23-10-9-15(17(20)21)18-16(19)13-5-7-14(8-6-13)22-11-12(2)3/h5-8,12,15H,4,9-11H2,1-3H3,(H,18,19)(H,20,21). The Morgan fingerprint density at radius 3 is 2.43 bits per heavy atom. The maximum absolute atomic E-state index is 12.1. The molecule has 1 aromatic rings. The topological polar surface area (TPSA) is 75.6 Å². The van der Waals surface area contributed by atoms with E-state index >= 15 is 0 Å². The number of carboxylic acids is 1. The Bertz CT molecular complexity index is 502. The van der Waals surface area contributed by atoms with Crippen LogP contribution in [-0.4, -0.2) is 41.1 Å². The largest absolute Gasteiger partial charge is 0.493 e. The van der Waals surface area contributed by atoms with Gasteiger partial charge in [-0.2, -0.15) is 11.8 Å². The Hall–Kier alpha value is -1.69. The van der Waals surface area contributed by atoms with Crippen molar-refractivity contribution in [2.24, 2.45) is 5.92 Å². The van der Waals surface area contributed by atoms with Crippen LogP contribution in [-0.2, 0) is 4.79 Å². The van der Waals surface area contributed by atoms with Gasteiger partial charge >= 0.3 is 5.97 Å². The maximum atomic E-state index is 12.1. The number of hydrogen-bond donors (Lipinski definition) is 2. The van der Waals surface area contributed by atoms with E-state index in [1.165, 1.54) is 0 Å². The molecule has 0 aliphatic rings. The maximum Gasteiger partial charge on any atom is 0.326 e. The normalized spacial score (nSPS) is 12.0. The highest BCUT2D eigenvalue weighted by atomic mass is 32.2. The molecule has 0 fully saturated rings. The zero-order valence-corrected chi connectivity index (χ0v) is 14.7. The minimum Gasteiger partial charge on any atom is -0.493 e. The smallest absolute Gasteiger partial charge is 0.326 e. The number of nitrogens with one attached hydrogen (secondary N) is 1. The van der Waals surface area contributed by atoms with Gasteiger partial charge in [-0.3, -0.25) is 4.79 Å². The van der Waals surface area contributed by atoms with Crippen molar-refractivity contribution in [1.29, 1.82) is 0 Å². The first-order valence-electron chi connectivity index (χ1n) is 7.78. The monoisotopic (exact) mass is 339 g/mol. The molecule has 0 radical (unpaired) electrons.